The van der Waals surface area contributed by atoms with Crippen LogP contribution >= 0.6 is 10.2 Å². The van der Waals surface area contributed by atoms with Gasteiger partial charge in [-0.05, 0) is 18.6 Å². The molecule has 0 aliphatic heterocycles. The molecule has 0 saturated heterocycles. The van der Waals surface area contributed by atoms with Crippen LogP contribution in [0.4, 0.5) is 25.1 Å². The minimum atomic E-state index is -10.0. The molecule has 0 spiro atoms. The highest BCUT2D eigenvalue weighted by Gasteiger charge is 2.66. The maximum atomic E-state index is 12.6. The fraction of sp³-hybridized carbons (Fsp3) is 0.300. The average molecular weight is 335 g/mol. The van der Waals surface area contributed by atoms with E-state index >= 15 is 0 Å². The van der Waals surface area contributed by atoms with Crippen LogP contribution in [0.15, 0.2) is 23.1 Å². The first-order valence-corrected chi connectivity index (χ1v) is 7.43. The van der Waals surface area contributed by atoms with Gasteiger partial charge >= 0.3 is 21.9 Å². The number of ether oxygens (including phenoxy) is 1. The molecule has 1 aromatic carbocycles. The van der Waals surface area contributed by atoms with E-state index in [1.807, 2.05) is 0 Å². The fourth-order valence-corrected chi connectivity index (χ4v) is 2.00. The van der Waals surface area contributed by atoms with E-state index in [4.69, 9.17) is 0 Å². The van der Waals surface area contributed by atoms with Crippen molar-refractivity contribution in [3.05, 3.63) is 28.3 Å². The second kappa shape index (κ2) is 4.55. The first-order valence-electron chi connectivity index (χ1n) is 5.48. The SMILES string of the molecule is CCCC(=O)Oc1ccc(S(F)(F)(F)(F)F)cc1[N+](=O)[O-]. The van der Waals surface area contributed by atoms with Gasteiger partial charge < -0.3 is 4.74 Å². The maximum Gasteiger partial charge on any atom is 0.313 e. The van der Waals surface area contributed by atoms with Gasteiger partial charge in [-0.15, -0.1) is 0 Å². The number of halogens is 5. The molecule has 1 rings (SSSR count). The summed E-state index contributed by atoms with van der Waals surface area (Å²) in [6.07, 6.45) is 0.219. The molecule has 0 aliphatic carbocycles. The standard InChI is InChI=1S/C10H10F5NO4S/c1-2-3-10(17)20-9-5-4-7(6-8(9)16(18)19)21(11,12,13,14)15/h4-6H,2-3H2,1H3. The van der Waals surface area contributed by atoms with Crippen LogP contribution in [0.3, 0.4) is 0 Å². The van der Waals surface area contributed by atoms with E-state index in [2.05, 4.69) is 4.74 Å². The quantitative estimate of drug-likeness (QED) is 0.251. The van der Waals surface area contributed by atoms with Crippen molar-refractivity contribution >= 4 is 21.9 Å². The summed E-state index contributed by atoms with van der Waals surface area (Å²) in [7, 11) is -10.0. The van der Waals surface area contributed by atoms with Gasteiger partial charge in [-0.1, -0.05) is 26.4 Å². The van der Waals surface area contributed by atoms with Gasteiger partial charge in [0, 0.05) is 12.5 Å². The van der Waals surface area contributed by atoms with Crippen LogP contribution in [-0.4, -0.2) is 10.9 Å². The zero-order chi connectivity index (χ0) is 16.5. The lowest BCUT2D eigenvalue weighted by molar-refractivity contribution is -0.385. The van der Waals surface area contributed by atoms with E-state index in [1.54, 1.807) is 6.92 Å². The Kier molecular flexibility index (Phi) is 3.71. The lowest BCUT2D eigenvalue weighted by atomic mass is 10.3. The predicted molar refractivity (Wildman–Crippen MR) is 65.0 cm³/mol. The molecular weight excluding hydrogens is 325 g/mol. The zero-order valence-corrected chi connectivity index (χ0v) is 11.3. The molecule has 0 amide bonds. The van der Waals surface area contributed by atoms with Crippen molar-refractivity contribution in [2.45, 2.75) is 24.7 Å². The normalized spacial score (nSPS) is 15.0. The number of nitro groups is 1. The molecule has 0 N–H and O–H groups in total. The number of benzene rings is 1. The molecule has 0 atom stereocenters. The Hall–Kier alpha value is -1.91. The maximum absolute atomic E-state index is 12.6. The molecule has 0 aliphatic rings. The van der Waals surface area contributed by atoms with Gasteiger partial charge in [0.25, 0.3) is 0 Å². The summed E-state index contributed by atoms with van der Waals surface area (Å²) in [5, 5.41) is 10.7. The van der Waals surface area contributed by atoms with Crippen LogP contribution in [0.5, 0.6) is 5.75 Å². The van der Waals surface area contributed by atoms with Crippen LogP contribution in [0, 0.1) is 10.1 Å². The van der Waals surface area contributed by atoms with Crippen molar-refractivity contribution in [3.63, 3.8) is 0 Å². The summed E-state index contributed by atoms with van der Waals surface area (Å²) < 4.78 is 67.4. The summed E-state index contributed by atoms with van der Waals surface area (Å²) in [5.41, 5.74) is -1.36. The van der Waals surface area contributed by atoms with E-state index in [9.17, 15) is 34.3 Å². The fourth-order valence-electron chi connectivity index (χ4n) is 1.34. The molecule has 11 heteroatoms. The third-order valence-electron chi connectivity index (χ3n) is 2.25. The number of carbonyl (C=O) groups excluding carboxylic acids is 1. The van der Waals surface area contributed by atoms with Gasteiger partial charge in [0.2, 0.25) is 5.75 Å². The smallest absolute Gasteiger partial charge is 0.313 e. The van der Waals surface area contributed by atoms with Gasteiger partial charge in [-0.2, -0.15) is 0 Å². The first kappa shape index (κ1) is 17.1. The summed E-state index contributed by atoms with van der Waals surface area (Å²) >= 11 is 0. The number of esters is 1. The molecule has 0 aromatic heterocycles. The molecule has 0 heterocycles. The zero-order valence-electron chi connectivity index (χ0n) is 10.5. The van der Waals surface area contributed by atoms with E-state index in [0.29, 0.717) is 12.5 Å². The minimum absolute atomic E-state index is 0.0525. The van der Waals surface area contributed by atoms with Crippen LogP contribution in [0.2, 0.25) is 0 Å². The number of hydrogen-bond acceptors (Lipinski definition) is 4. The topological polar surface area (TPSA) is 69.4 Å². The largest absolute Gasteiger partial charge is 0.419 e. The second-order valence-electron chi connectivity index (χ2n) is 4.08. The van der Waals surface area contributed by atoms with Crippen molar-refractivity contribution < 1.29 is 33.9 Å². The molecule has 21 heavy (non-hydrogen) atoms. The van der Waals surface area contributed by atoms with Gasteiger partial charge in [0.1, 0.15) is 4.90 Å². The van der Waals surface area contributed by atoms with Crippen molar-refractivity contribution in [3.8, 4) is 5.75 Å². The number of carbonyl (C=O) groups is 1. The second-order valence-corrected chi connectivity index (χ2v) is 6.49. The van der Waals surface area contributed by atoms with E-state index < -0.39 is 37.4 Å². The monoisotopic (exact) mass is 335 g/mol. The van der Waals surface area contributed by atoms with E-state index in [1.165, 1.54) is 0 Å². The highest BCUT2D eigenvalue weighted by atomic mass is 32.5. The minimum Gasteiger partial charge on any atom is -0.419 e. The van der Waals surface area contributed by atoms with Gasteiger partial charge in [0.05, 0.1) is 4.92 Å². The van der Waals surface area contributed by atoms with Gasteiger partial charge in [-0.3, -0.25) is 14.9 Å². The Morgan fingerprint density at radius 2 is 1.86 bits per heavy atom. The Bertz CT molecular complexity index is 601. The predicted octanol–water partition coefficient (Wildman–Crippen LogP) is 4.96. The molecule has 1 aromatic rings. The highest BCUT2D eigenvalue weighted by Crippen LogP contribution is 3.02. The molecule has 120 valence electrons. The van der Waals surface area contributed by atoms with Crippen LogP contribution < -0.4 is 4.74 Å². The summed E-state index contributed by atoms with van der Waals surface area (Å²) in [6, 6.07) is -0.0574. The molecule has 0 radical (unpaired) electrons. The number of rotatable bonds is 5. The molecule has 5 nitrogen and oxygen atoms in total. The third kappa shape index (κ3) is 4.55. The number of hydrogen-bond donors (Lipinski definition) is 0. The lowest BCUT2D eigenvalue weighted by Gasteiger charge is -2.40. The number of nitro benzene ring substituents is 1. The Morgan fingerprint density at radius 1 is 1.29 bits per heavy atom. The summed E-state index contributed by atoms with van der Waals surface area (Å²) in [6.45, 7) is 1.60. The van der Waals surface area contributed by atoms with Crippen LogP contribution in [0.1, 0.15) is 19.8 Å². The first-order chi connectivity index (χ1) is 9.24. The van der Waals surface area contributed by atoms with Gasteiger partial charge in [0.15, 0.2) is 0 Å². The van der Waals surface area contributed by atoms with Crippen LogP contribution in [0.25, 0.3) is 0 Å². The van der Waals surface area contributed by atoms with Crippen molar-refractivity contribution in [2.75, 3.05) is 0 Å². The Balaban J connectivity index is 3.34. The molecule has 0 bridgehead atoms. The average Bonchev–Trinajstić information content (AvgIpc) is 2.25. The van der Waals surface area contributed by atoms with E-state index in [-0.39, 0.29) is 18.6 Å². The summed E-state index contributed by atoms with van der Waals surface area (Å²) in [4.78, 5) is 18.1. The van der Waals surface area contributed by atoms with E-state index in [0.717, 1.165) is 0 Å². The van der Waals surface area contributed by atoms with Gasteiger partial charge in [-0.25, -0.2) is 0 Å². The molecule has 0 fully saturated rings. The summed E-state index contributed by atoms with van der Waals surface area (Å²) in [5.74, 6) is -1.73. The third-order valence-corrected chi connectivity index (χ3v) is 3.40. The Labute approximate surface area is 115 Å². The molecule has 0 unspecified atom stereocenters. The van der Waals surface area contributed by atoms with Crippen molar-refractivity contribution in [2.24, 2.45) is 0 Å². The Morgan fingerprint density at radius 3 is 2.29 bits per heavy atom. The highest BCUT2D eigenvalue weighted by molar-refractivity contribution is 8.45. The molecular formula is C10H10F5NO4S. The number of nitrogens with zero attached hydrogens (tertiary/aromatic N) is 1. The molecule has 0 saturated carbocycles. The lowest BCUT2D eigenvalue weighted by Crippen LogP contribution is -2.10. The van der Waals surface area contributed by atoms with Crippen LogP contribution in [-0.2, 0) is 4.79 Å². The van der Waals surface area contributed by atoms with Crippen molar-refractivity contribution in [1.29, 1.82) is 0 Å². The van der Waals surface area contributed by atoms with Crippen molar-refractivity contribution in [1.82, 2.24) is 0 Å².